The number of thioether (sulfide) groups is 1. The molecule has 0 radical (unpaired) electrons. The van der Waals surface area contributed by atoms with Gasteiger partial charge in [-0.3, -0.25) is 9.88 Å². The minimum absolute atomic E-state index is 0.520. The quantitative estimate of drug-likeness (QED) is 0.608. The number of ether oxygens (including phenoxy) is 1. The Morgan fingerprint density at radius 1 is 1.03 bits per heavy atom. The second-order valence-electron chi connectivity index (χ2n) is 8.08. The van der Waals surface area contributed by atoms with E-state index in [0.717, 1.165) is 43.7 Å². The van der Waals surface area contributed by atoms with Crippen molar-refractivity contribution in [3.63, 3.8) is 0 Å². The Morgan fingerprint density at radius 2 is 1.79 bits per heavy atom. The molecule has 4 rings (SSSR count). The van der Waals surface area contributed by atoms with Gasteiger partial charge in [0.05, 0.1) is 18.5 Å². The largest absolute Gasteiger partial charge is 0.495 e. The smallest absolute Gasteiger partial charge is 0.142 e. The fourth-order valence-electron chi connectivity index (χ4n) is 4.51. The monoisotopic (exact) mass is 411 g/mol. The van der Waals surface area contributed by atoms with Crippen LogP contribution >= 0.6 is 11.8 Å². The topological polar surface area (TPSA) is 28.6 Å². The summed E-state index contributed by atoms with van der Waals surface area (Å²) in [6.45, 7) is 5.50. The van der Waals surface area contributed by atoms with Gasteiger partial charge in [0.15, 0.2) is 0 Å². The number of hydrogen-bond acceptors (Lipinski definition) is 5. The summed E-state index contributed by atoms with van der Waals surface area (Å²) >= 11 is 2.18. The summed E-state index contributed by atoms with van der Waals surface area (Å²) in [5.74, 6) is 0.976. The molecule has 1 saturated heterocycles. The van der Waals surface area contributed by atoms with Gasteiger partial charge in [-0.25, -0.2) is 0 Å². The number of hydrogen-bond donors (Lipinski definition) is 0. The molecule has 0 spiro atoms. The van der Waals surface area contributed by atoms with Gasteiger partial charge in [0, 0.05) is 42.9 Å². The molecular weight excluding hydrogens is 378 g/mol. The Morgan fingerprint density at radius 3 is 2.52 bits per heavy atom. The van der Waals surface area contributed by atoms with E-state index in [-0.39, 0.29) is 0 Å². The number of pyridine rings is 1. The first-order chi connectivity index (χ1) is 14.3. The average molecular weight is 412 g/mol. The molecule has 1 aliphatic carbocycles. The van der Waals surface area contributed by atoms with Gasteiger partial charge < -0.3 is 9.64 Å². The van der Waals surface area contributed by atoms with Gasteiger partial charge in [-0.2, -0.15) is 0 Å². The normalized spacial score (nSPS) is 19.4. The number of rotatable bonds is 8. The maximum atomic E-state index is 5.55. The van der Waals surface area contributed by atoms with Gasteiger partial charge in [0.1, 0.15) is 5.75 Å². The molecule has 5 heteroatoms. The summed E-state index contributed by atoms with van der Waals surface area (Å²) in [5, 5.41) is 1.34. The van der Waals surface area contributed by atoms with E-state index in [1.165, 1.54) is 43.5 Å². The third-order valence-electron chi connectivity index (χ3n) is 6.18. The van der Waals surface area contributed by atoms with Gasteiger partial charge in [-0.1, -0.05) is 31.0 Å². The van der Waals surface area contributed by atoms with Crippen LogP contribution in [0.1, 0.15) is 43.0 Å². The van der Waals surface area contributed by atoms with Crippen LogP contribution in [0.3, 0.4) is 0 Å². The molecular formula is C24H33N3OS. The molecule has 1 saturated carbocycles. The third-order valence-corrected chi connectivity index (χ3v) is 7.84. The summed E-state index contributed by atoms with van der Waals surface area (Å²) in [6.07, 6.45) is 8.70. The molecule has 1 unspecified atom stereocenters. The van der Waals surface area contributed by atoms with E-state index >= 15 is 0 Å². The molecule has 1 aliphatic heterocycles. The molecule has 2 fully saturated rings. The average Bonchev–Trinajstić information content (AvgIpc) is 3.31. The first-order valence-electron chi connectivity index (χ1n) is 11.0. The fraction of sp³-hybridized carbons (Fsp3) is 0.542. The zero-order chi connectivity index (χ0) is 19.9. The highest BCUT2D eigenvalue weighted by Crippen LogP contribution is 2.40. The fourth-order valence-corrected chi connectivity index (χ4v) is 6.10. The van der Waals surface area contributed by atoms with Crippen LogP contribution in [0.2, 0.25) is 0 Å². The van der Waals surface area contributed by atoms with E-state index in [0.29, 0.717) is 5.25 Å². The van der Waals surface area contributed by atoms with E-state index < -0.39 is 0 Å². The summed E-state index contributed by atoms with van der Waals surface area (Å²) in [4.78, 5) is 9.77. The SMILES string of the molecule is COc1ccccc1N1CCN(CCC(SC2CCCC2)c2ccccn2)CC1. The molecule has 29 heavy (non-hydrogen) atoms. The van der Waals surface area contributed by atoms with Crippen molar-refractivity contribution in [3.05, 3.63) is 54.4 Å². The summed E-state index contributed by atoms with van der Waals surface area (Å²) in [7, 11) is 1.76. The summed E-state index contributed by atoms with van der Waals surface area (Å²) in [5.41, 5.74) is 2.48. The maximum absolute atomic E-state index is 5.55. The van der Waals surface area contributed by atoms with E-state index in [4.69, 9.17) is 9.72 Å². The predicted octanol–water partition coefficient (Wildman–Crippen LogP) is 5.02. The lowest BCUT2D eigenvalue weighted by molar-refractivity contribution is 0.253. The van der Waals surface area contributed by atoms with Crippen molar-refractivity contribution in [2.24, 2.45) is 0 Å². The van der Waals surface area contributed by atoms with Crippen molar-refractivity contribution in [2.45, 2.75) is 42.6 Å². The van der Waals surface area contributed by atoms with Crippen molar-refractivity contribution >= 4 is 17.4 Å². The van der Waals surface area contributed by atoms with Gasteiger partial charge in [0.2, 0.25) is 0 Å². The minimum atomic E-state index is 0.520. The number of aromatic nitrogens is 1. The van der Waals surface area contributed by atoms with Crippen molar-refractivity contribution in [1.82, 2.24) is 9.88 Å². The Hall–Kier alpha value is -1.72. The van der Waals surface area contributed by atoms with Crippen LogP contribution in [-0.4, -0.2) is 55.0 Å². The van der Waals surface area contributed by atoms with Gasteiger partial charge in [-0.05, 0) is 50.1 Å². The number of anilines is 1. The van der Waals surface area contributed by atoms with Crippen LogP contribution in [0.5, 0.6) is 5.75 Å². The number of para-hydroxylation sites is 2. The third kappa shape index (κ3) is 5.46. The molecule has 1 aromatic carbocycles. The van der Waals surface area contributed by atoms with Crippen LogP contribution in [0.15, 0.2) is 48.7 Å². The van der Waals surface area contributed by atoms with Crippen molar-refractivity contribution < 1.29 is 4.74 Å². The Kier molecular flexibility index (Phi) is 7.33. The van der Waals surface area contributed by atoms with Crippen LogP contribution in [0.25, 0.3) is 0 Å². The molecule has 2 aliphatic rings. The summed E-state index contributed by atoms with van der Waals surface area (Å²) in [6, 6.07) is 14.7. The molecule has 0 bridgehead atoms. The summed E-state index contributed by atoms with van der Waals surface area (Å²) < 4.78 is 5.55. The highest BCUT2D eigenvalue weighted by molar-refractivity contribution is 8.00. The lowest BCUT2D eigenvalue weighted by Crippen LogP contribution is -2.46. The van der Waals surface area contributed by atoms with Gasteiger partial charge >= 0.3 is 0 Å². The lowest BCUT2D eigenvalue weighted by Gasteiger charge is -2.37. The standard InChI is InChI=1S/C24H33N3OS/c1-28-23-12-5-4-11-22(23)27-18-16-26(17-19-27)15-13-24(21-10-6-7-14-25-21)29-20-8-2-3-9-20/h4-7,10-12,14,20,24H,2-3,8-9,13,15-19H2,1H3. The molecule has 1 atom stereocenters. The number of methoxy groups -OCH3 is 1. The highest BCUT2D eigenvalue weighted by atomic mass is 32.2. The Labute approximate surface area is 179 Å². The van der Waals surface area contributed by atoms with Crippen LogP contribution in [-0.2, 0) is 0 Å². The molecule has 156 valence electrons. The van der Waals surface area contributed by atoms with Crippen molar-refractivity contribution in [2.75, 3.05) is 44.7 Å². The minimum Gasteiger partial charge on any atom is -0.495 e. The molecule has 0 amide bonds. The Balaban J connectivity index is 1.31. The predicted molar refractivity (Wildman–Crippen MR) is 123 cm³/mol. The Bertz CT molecular complexity index is 743. The van der Waals surface area contributed by atoms with E-state index in [9.17, 15) is 0 Å². The van der Waals surface area contributed by atoms with Crippen LogP contribution in [0.4, 0.5) is 5.69 Å². The first kappa shape index (κ1) is 20.5. The van der Waals surface area contributed by atoms with E-state index in [1.807, 2.05) is 18.3 Å². The molecule has 2 heterocycles. The second-order valence-corrected chi connectivity index (χ2v) is 9.58. The molecule has 2 aromatic rings. The van der Waals surface area contributed by atoms with Crippen molar-refractivity contribution in [1.29, 1.82) is 0 Å². The first-order valence-corrected chi connectivity index (χ1v) is 11.9. The lowest BCUT2D eigenvalue weighted by atomic mass is 10.2. The van der Waals surface area contributed by atoms with Crippen LogP contribution in [0, 0.1) is 0 Å². The van der Waals surface area contributed by atoms with Gasteiger partial charge in [0.25, 0.3) is 0 Å². The molecule has 1 aromatic heterocycles. The van der Waals surface area contributed by atoms with Crippen LogP contribution < -0.4 is 9.64 Å². The highest BCUT2D eigenvalue weighted by Gasteiger charge is 2.25. The van der Waals surface area contributed by atoms with Crippen molar-refractivity contribution in [3.8, 4) is 5.75 Å². The zero-order valence-electron chi connectivity index (χ0n) is 17.5. The van der Waals surface area contributed by atoms with Gasteiger partial charge in [-0.15, -0.1) is 11.8 Å². The number of nitrogens with zero attached hydrogens (tertiary/aromatic N) is 3. The number of piperazine rings is 1. The molecule has 4 nitrogen and oxygen atoms in total. The zero-order valence-corrected chi connectivity index (χ0v) is 18.3. The maximum Gasteiger partial charge on any atom is 0.142 e. The number of benzene rings is 1. The van der Waals surface area contributed by atoms with E-state index in [2.05, 4.69) is 51.9 Å². The van der Waals surface area contributed by atoms with E-state index in [1.54, 1.807) is 7.11 Å². The second kappa shape index (κ2) is 10.4. The molecule has 0 N–H and O–H groups in total.